The Balaban J connectivity index is 1.83. The SMILES string of the molecule is CC[C@H](NS(=O)(=O)c1ccc([N+](=O)[O-])cc1)c1ccc2c(c1)CCCC2. The van der Waals surface area contributed by atoms with Gasteiger partial charge in [0.05, 0.1) is 9.82 Å². The third kappa shape index (κ3) is 3.94. The van der Waals surface area contributed by atoms with E-state index < -0.39 is 14.9 Å². The van der Waals surface area contributed by atoms with E-state index in [2.05, 4.69) is 16.9 Å². The molecule has 0 aliphatic heterocycles. The van der Waals surface area contributed by atoms with Crippen LogP contribution in [0.15, 0.2) is 47.4 Å². The summed E-state index contributed by atoms with van der Waals surface area (Å²) in [7, 11) is -3.76. The number of hydrogen-bond donors (Lipinski definition) is 1. The second-order valence-electron chi connectivity index (χ2n) is 6.57. The molecule has 1 aliphatic rings. The molecule has 138 valence electrons. The molecule has 26 heavy (non-hydrogen) atoms. The highest BCUT2D eigenvalue weighted by Crippen LogP contribution is 2.27. The Hall–Kier alpha value is -2.25. The molecule has 0 unspecified atom stereocenters. The number of non-ortho nitro benzene ring substituents is 1. The fourth-order valence-corrected chi connectivity index (χ4v) is 4.67. The fourth-order valence-electron chi connectivity index (χ4n) is 3.36. The highest BCUT2D eigenvalue weighted by atomic mass is 32.2. The second kappa shape index (κ2) is 7.55. The molecule has 1 N–H and O–H groups in total. The number of nitro benzene ring substituents is 1. The lowest BCUT2D eigenvalue weighted by molar-refractivity contribution is -0.384. The van der Waals surface area contributed by atoms with Crippen molar-refractivity contribution in [2.24, 2.45) is 0 Å². The number of rotatable bonds is 6. The molecule has 0 heterocycles. The van der Waals surface area contributed by atoms with E-state index in [1.54, 1.807) is 0 Å². The monoisotopic (exact) mass is 374 g/mol. The maximum Gasteiger partial charge on any atom is 0.269 e. The first kappa shape index (κ1) is 18.5. The van der Waals surface area contributed by atoms with E-state index in [1.165, 1.54) is 48.2 Å². The molecular weight excluding hydrogens is 352 g/mol. The summed E-state index contributed by atoms with van der Waals surface area (Å²) >= 11 is 0. The number of fused-ring (bicyclic) bond motifs is 1. The molecule has 2 aromatic rings. The second-order valence-corrected chi connectivity index (χ2v) is 8.28. The van der Waals surface area contributed by atoms with Crippen LogP contribution in [0.4, 0.5) is 5.69 Å². The molecule has 0 bridgehead atoms. The summed E-state index contributed by atoms with van der Waals surface area (Å²) in [5, 5.41) is 10.7. The molecule has 6 nitrogen and oxygen atoms in total. The van der Waals surface area contributed by atoms with Gasteiger partial charge in [-0.05, 0) is 60.9 Å². The van der Waals surface area contributed by atoms with Gasteiger partial charge in [0.25, 0.3) is 5.69 Å². The Morgan fingerprint density at radius 2 is 1.73 bits per heavy atom. The van der Waals surface area contributed by atoms with Crippen molar-refractivity contribution in [3.8, 4) is 0 Å². The van der Waals surface area contributed by atoms with Gasteiger partial charge in [0.1, 0.15) is 0 Å². The van der Waals surface area contributed by atoms with Crippen molar-refractivity contribution in [3.05, 3.63) is 69.3 Å². The van der Waals surface area contributed by atoms with Gasteiger partial charge in [-0.25, -0.2) is 13.1 Å². The van der Waals surface area contributed by atoms with E-state index in [0.717, 1.165) is 18.4 Å². The summed E-state index contributed by atoms with van der Waals surface area (Å²) < 4.78 is 28.1. The lowest BCUT2D eigenvalue weighted by Crippen LogP contribution is -2.28. The van der Waals surface area contributed by atoms with Crippen LogP contribution in [0.1, 0.15) is 48.9 Å². The van der Waals surface area contributed by atoms with Gasteiger partial charge in [-0.1, -0.05) is 25.1 Å². The van der Waals surface area contributed by atoms with Crippen LogP contribution in [0, 0.1) is 10.1 Å². The molecule has 0 radical (unpaired) electrons. The molecule has 0 amide bonds. The average Bonchev–Trinajstić information content (AvgIpc) is 2.65. The van der Waals surface area contributed by atoms with Crippen LogP contribution in [0.2, 0.25) is 0 Å². The largest absolute Gasteiger partial charge is 0.269 e. The minimum Gasteiger partial charge on any atom is -0.258 e. The Labute approximate surface area is 153 Å². The van der Waals surface area contributed by atoms with Crippen LogP contribution in [-0.2, 0) is 22.9 Å². The van der Waals surface area contributed by atoms with E-state index in [1.807, 2.05) is 13.0 Å². The number of benzene rings is 2. The van der Waals surface area contributed by atoms with Crippen molar-refractivity contribution in [3.63, 3.8) is 0 Å². The lowest BCUT2D eigenvalue weighted by atomic mass is 9.89. The van der Waals surface area contributed by atoms with Gasteiger partial charge in [-0.3, -0.25) is 10.1 Å². The summed E-state index contributed by atoms with van der Waals surface area (Å²) in [6.45, 7) is 1.93. The number of nitro groups is 1. The summed E-state index contributed by atoms with van der Waals surface area (Å²) in [5.74, 6) is 0. The summed E-state index contributed by atoms with van der Waals surface area (Å²) in [6, 6.07) is 10.8. The van der Waals surface area contributed by atoms with Gasteiger partial charge in [0.15, 0.2) is 0 Å². The molecular formula is C19H22N2O4S. The number of sulfonamides is 1. The Bertz CT molecular complexity index is 908. The number of nitrogens with zero attached hydrogens (tertiary/aromatic N) is 1. The van der Waals surface area contributed by atoms with Gasteiger partial charge in [0.2, 0.25) is 10.0 Å². The first-order valence-corrected chi connectivity index (χ1v) is 10.3. The summed E-state index contributed by atoms with van der Waals surface area (Å²) in [4.78, 5) is 10.2. The average molecular weight is 374 g/mol. The molecule has 3 rings (SSSR count). The third-order valence-corrected chi connectivity index (χ3v) is 6.33. The highest BCUT2D eigenvalue weighted by molar-refractivity contribution is 7.89. The van der Waals surface area contributed by atoms with Gasteiger partial charge >= 0.3 is 0 Å². The number of nitrogens with one attached hydrogen (secondary N) is 1. The predicted octanol–water partition coefficient (Wildman–Crippen LogP) is 3.90. The third-order valence-electron chi connectivity index (χ3n) is 4.84. The van der Waals surface area contributed by atoms with Gasteiger partial charge in [0, 0.05) is 18.2 Å². The molecule has 1 atom stereocenters. The van der Waals surface area contributed by atoms with Crippen LogP contribution < -0.4 is 4.72 Å². The van der Waals surface area contributed by atoms with Crippen LogP contribution in [0.25, 0.3) is 0 Å². The van der Waals surface area contributed by atoms with E-state index in [9.17, 15) is 18.5 Å². The molecule has 2 aromatic carbocycles. The Morgan fingerprint density at radius 3 is 2.35 bits per heavy atom. The Kier molecular flexibility index (Phi) is 5.38. The maximum atomic E-state index is 12.7. The topological polar surface area (TPSA) is 89.3 Å². The van der Waals surface area contributed by atoms with Crippen molar-refractivity contribution in [2.75, 3.05) is 0 Å². The van der Waals surface area contributed by atoms with Gasteiger partial charge < -0.3 is 0 Å². The maximum absolute atomic E-state index is 12.7. The number of aryl methyl sites for hydroxylation is 2. The van der Waals surface area contributed by atoms with Crippen molar-refractivity contribution >= 4 is 15.7 Å². The fraction of sp³-hybridized carbons (Fsp3) is 0.368. The smallest absolute Gasteiger partial charge is 0.258 e. The van der Waals surface area contributed by atoms with E-state index >= 15 is 0 Å². The van der Waals surface area contributed by atoms with E-state index in [0.29, 0.717) is 6.42 Å². The van der Waals surface area contributed by atoms with Crippen molar-refractivity contribution in [2.45, 2.75) is 50.0 Å². The standard InChI is InChI=1S/C19H22N2O4S/c1-2-19(16-8-7-14-5-3-4-6-15(14)13-16)20-26(24,25)18-11-9-17(10-12-18)21(22)23/h7-13,19-20H,2-6H2,1H3/t19-/m0/s1. The van der Waals surface area contributed by atoms with Crippen molar-refractivity contribution < 1.29 is 13.3 Å². The predicted molar refractivity (Wildman–Crippen MR) is 99.5 cm³/mol. The van der Waals surface area contributed by atoms with E-state index in [4.69, 9.17) is 0 Å². The molecule has 0 saturated carbocycles. The van der Waals surface area contributed by atoms with Crippen molar-refractivity contribution in [1.29, 1.82) is 0 Å². The zero-order chi connectivity index (χ0) is 18.7. The van der Waals surface area contributed by atoms with Crippen LogP contribution in [0.3, 0.4) is 0 Å². The minimum atomic E-state index is -3.76. The first-order valence-electron chi connectivity index (χ1n) is 8.79. The van der Waals surface area contributed by atoms with E-state index in [-0.39, 0.29) is 16.6 Å². The zero-order valence-electron chi connectivity index (χ0n) is 14.6. The molecule has 0 saturated heterocycles. The highest BCUT2D eigenvalue weighted by Gasteiger charge is 2.22. The van der Waals surface area contributed by atoms with Crippen molar-refractivity contribution in [1.82, 2.24) is 4.72 Å². The van der Waals surface area contributed by atoms with Crippen LogP contribution in [0.5, 0.6) is 0 Å². The van der Waals surface area contributed by atoms with Crippen LogP contribution in [-0.4, -0.2) is 13.3 Å². The molecule has 7 heteroatoms. The molecule has 0 spiro atoms. The normalized spacial score (nSPS) is 15.3. The van der Waals surface area contributed by atoms with Gasteiger partial charge in [-0.2, -0.15) is 0 Å². The minimum absolute atomic E-state index is 0.0273. The molecule has 1 aliphatic carbocycles. The quantitative estimate of drug-likeness (QED) is 0.613. The molecule has 0 fully saturated rings. The first-order chi connectivity index (χ1) is 12.4. The molecule has 0 aromatic heterocycles. The lowest BCUT2D eigenvalue weighted by Gasteiger charge is -2.21. The van der Waals surface area contributed by atoms with Crippen LogP contribution >= 0.6 is 0 Å². The summed E-state index contributed by atoms with van der Waals surface area (Å²) in [5.41, 5.74) is 3.49. The van der Waals surface area contributed by atoms with Gasteiger partial charge in [-0.15, -0.1) is 0 Å². The number of hydrogen-bond acceptors (Lipinski definition) is 4. The summed E-state index contributed by atoms with van der Waals surface area (Å²) in [6.07, 6.45) is 5.11. The Morgan fingerprint density at radius 1 is 1.08 bits per heavy atom. The zero-order valence-corrected chi connectivity index (χ0v) is 15.5.